The summed E-state index contributed by atoms with van der Waals surface area (Å²) in [6, 6.07) is 1.90. The van der Waals surface area contributed by atoms with Crippen LogP contribution >= 0.6 is 0 Å². The molecule has 0 fully saturated rings. The van der Waals surface area contributed by atoms with Crippen molar-refractivity contribution in [3.8, 4) is 0 Å². The Morgan fingerprint density at radius 1 is 0.952 bits per heavy atom. The number of hydrogen-bond acceptors (Lipinski definition) is 3. The van der Waals surface area contributed by atoms with E-state index < -0.39 is 23.6 Å². The molecule has 2 N–H and O–H groups in total. The second-order valence-corrected chi connectivity index (χ2v) is 4.02. The van der Waals surface area contributed by atoms with Gasteiger partial charge in [0.15, 0.2) is 0 Å². The van der Waals surface area contributed by atoms with Gasteiger partial charge in [-0.3, -0.25) is 0 Å². The molecule has 0 aliphatic heterocycles. The third-order valence-corrected chi connectivity index (χ3v) is 2.46. The van der Waals surface area contributed by atoms with Gasteiger partial charge in [-0.1, -0.05) is 0 Å². The fourth-order valence-electron chi connectivity index (χ4n) is 1.44. The summed E-state index contributed by atoms with van der Waals surface area (Å²) >= 11 is 0. The lowest BCUT2D eigenvalue weighted by Crippen LogP contribution is -2.08. The zero-order valence-corrected chi connectivity index (χ0v) is 10.2. The number of imidazole rings is 1. The predicted molar refractivity (Wildman–Crippen MR) is 60.2 cm³/mol. The molecule has 0 aliphatic rings. The molecular weight excluding hydrogens is 302 g/mol. The van der Waals surface area contributed by atoms with Crippen molar-refractivity contribution in [1.29, 1.82) is 0 Å². The van der Waals surface area contributed by atoms with Gasteiger partial charge in [0.25, 0.3) is 0 Å². The highest BCUT2D eigenvalue weighted by molar-refractivity contribution is 5.36. The Hall–Kier alpha value is -2.26. The fourth-order valence-corrected chi connectivity index (χ4v) is 1.44. The molecule has 2 heterocycles. The minimum absolute atomic E-state index is 0.0102. The summed E-state index contributed by atoms with van der Waals surface area (Å²) in [5, 5.41) is 2.56. The van der Waals surface area contributed by atoms with E-state index >= 15 is 0 Å². The van der Waals surface area contributed by atoms with Crippen LogP contribution in [-0.4, -0.2) is 15.0 Å². The lowest BCUT2D eigenvalue weighted by atomic mass is 10.3. The van der Waals surface area contributed by atoms with Crippen LogP contribution in [0.15, 0.2) is 24.5 Å². The number of alkyl halides is 6. The Bertz CT molecular complexity index is 598. The number of aromatic amines is 1. The quantitative estimate of drug-likeness (QED) is 0.854. The largest absolute Gasteiger partial charge is 0.432 e. The molecule has 0 unspecified atom stereocenters. The van der Waals surface area contributed by atoms with Crippen LogP contribution in [0.25, 0.3) is 0 Å². The summed E-state index contributed by atoms with van der Waals surface area (Å²) in [4.78, 5) is 9.08. The molecule has 10 heteroatoms. The molecular formula is C11H8F6N4. The van der Waals surface area contributed by atoms with Crippen molar-refractivity contribution in [2.45, 2.75) is 18.9 Å². The van der Waals surface area contributed by atoms with Crippen molar-refractivity contribution in [3.63, 3.8) is 0 Å². The van der Waals surface area contributed by atoms with Crippen molar-refractivity contribution in [2.75, 3.05) is 5.32 Å². The molecule has 2 rings (SSSR count). The van der Waals surface area contributed by atoms with Crippen LogP contribution in [0.1, 0.15) is 17.1 Å². The van der Waals surface area contributed by atoms with Gasteiger partial charge in [0, 0.05) is 6.20 Å². The number of rotatable bonds is 3. The Morgan fingerprint density at radius 3 is 2.14 bits per heavy atom. The monoisotopic (exact) mass is 310 g/mol. The highest BCUT2D eigenvalue weighted by Crippen LogP contribution is 2.29. The number of halogens is 6. The molecule has 2 aromatic heterocycles. The average molecular weight is 310 g/mol. The first-order valence-electron chi connectivity index (χ1n) is 5.54. The highest BCUT2D eigenvalue weighted by Gasteiger charge is 2.33. The van der Waals surface area contributed by atoms with Gasteiger partial charge in [0.1, 0.15) is 17.3 Å². The van der Waals surface area contributed by atoms with E-state index in [1.807, 2.05) is 0 Å². The summed E-state index contributed by atoms with van der Waals surface area (Å²) < 4.78 is 73.8. The minimum atomic E-state index is -4.53. The summed E-state index contributed by atoms with van der Waals surface area (Å²) in [5.74, 6) is 0.0805. The van der Waals surface area contributed by atoms with Gasteiger partial charge in [-0.25, -0.2) is 9.97 Å². The minimum Gasteiger partial charge on any atom is -0.363 e. The standard InChI is InChI=1S/C11H8F6N4/c12-10(13,14)6-1-2-8(18-3-6)20-5-9-19-4-7(21-9)11(15,16)17/h1-4H,5H2,(H,18,20)(H,19,21). The van der Waals surface area contributed by atoms with Crippen molar-refractivity contribution >= 4 is 5.82 Å². The summed E-state index contributed by atoms with van der Waals surface area (Å²) in [5.41, 5.74) is -1.91. The Morgan fingerprint density at radius 2 is 1.67 bits per heavy atom. The molecule has 2 aromatic rings. The van der Waals surface area contributed by atoms with Crippen LogP contribution in [0.5, 0.6) is 0 Å². The molecule has 0 amide bonds. The number of hydrogen-bond donors (Lipinski definition) is 2. The van der Waals surface area contributed by atoms with Crippen LogP contribution in [-0.2, 0) is 18.9 Å². The average Bonchev–Trinajstić information content (AvgIpc) is 2.84. The second-order valence-electron chi connectivity index (χ2n) is 4.02. The van der Waals surface area contributed by atoms with Crippen molar-refractivity contribution in [2.24, 2.45) is 0 Å². The summed E-state index contributed by atoms with van der Waals surface area (Å²) in [6.45, 7) is -0.131. The zero-order valence-electron chi connectivity index (χ0n) is 10.2. The smallest absolute Gasteiger partial charge is 0.363 e. The molecule has 0 radical (unpaired) electrons. The predicted octanol–water partition coefficient (Wildman–Crippen LogP) is 3.45. The molecule has 0 aromatic carbocycles. The van der Waals surface area contributed by atoms with Crippen LogP contribution in [0.4, 0.5) is 32.2 Å². The Labute approximate surface area is 114 Å². The normalized spacial score (nSPS) is 12.5. The number of nitrogens with one attached hydrogen (secondary N) is 2. The van der Waals surface area contributed by atoms with Gasteiger partial charge in [-0.2, -0.15) is 26.3 Å². The van der Waals surface area contributed by atoms with Crippen LogP contribution < -0.4 is 5.32 Å². The molecule has 4 nitrogen and oxygen atoms in total. The van der Waals surface area contributed by atoms with Crippen LogP contribution in [0.2, 0.25) is 0 Å². The second kappa shape index (κ2) is 5.26. The maximum absolute atomic E-state index is 12.3. The lowest BCUT2D eigenvalue weighted by molar-refractivity contribution is -0.141. The number of H-pyrrole nitrogens is 1. The third-order valence-electron chi connectivity index (χ3n) is 2.46. The van der Waals surface area contributed by atoms with Crippen molar-refractivity contribution in [3.05, 3.63) is 41.6 Å². The van der Waals surface area contributed by atoms with E-state index in [0.717, 1.165) is 12.1 Å². The molecule has 0 atom stereocenters. The highest BCUT2D eigenvalue weighted by atomic mass is 19.4. The molecule has 21 heavy (non-hydrogen) atoms. The van der Waals surface area contributed by atoms with E-state index in [0.29, 0.717) is 12.4 Å². The SMILES string of the molecule is FC(F)(F)c1ccc(NCc2ncc(C(F)(F)F)[nH]2)nc1. The van der Waals surface area contributed by atoms with Gasteiger partial charge in [0.2, 0.25) is 0 Å². The first-order chi connectivity index (χ1) is 9.66. The van der Waals surface area contributed by atoms with Crippen molar-refractivity contribution < 1.29 is 26.3 Å². The molecule has 0 saturated heterocycles. The van der Waals surface area contributed by atoms with Gasteiger partial charge in [-0.05, 0) is 12.1 Å². The first kappa shape index (κ1) is 15.1. The van der Waals surface area contributed by atoms with E-state index in [1.165, 1.54) is 0 Å². The maximum Gasteiger partial charge on any atom is 0.432 e. The molecule has 0 spiro atoms. The van der Waals surface area contributed by atoms with Crippen molar-refractivity contribution in [1.82, 2.24) is 15.0 Å². The van der Waals surface area contributed by atoms with Gasteiger partial charge in [-0.15, -0.1) is 0 Å². The van der Waals surface area contributed by atoms with Crippen LogP contribution in [0, 0.1) is 0 Å². The molecule has 0 aliphatic carbocycles. The molecule has 114 valence electrons. The first-order valence-corrected chi connectivity index (χ1v) is 5.54. The summed E-state index contributed by atoms with van der Waals surface area (Å²) in [6.07, 6.45) is -7.76. The van der Waals surface area contributed by atoms with Crippen LogP contribution in [0.3, 0.4) is 0 Å². The van der Waals surface area contributed by atoms with E-state index in [4.69, 9.17) is 0 Å². The zero-order chi connectivity index (χ0) is 15.7. The Balaban J connectivity index is 1.99. The topological polar surface area (TPSA) is 53.6 Å². The van der Waals surface area contributed by atoms with E-state index in [1.54, 1.807) is 0 Å². The lowest BCUT2D eigenvalue weighted by Gasteiger charge is -2.07. The number of nitrogens with zero attached hydrogens (tertiary/aromatic N) is 2. The molecule has 0 bridgehead atoms. The number of anilines is 1. The van der Waals surface area contributed by atoms with Gasteiger partial charge in [0.05, 0.1) is 18.3 Å². The molecule has 0 saturated carbocycles. The van der Waals surface area contributed by atoms with Gasteiger partial charge >= 0.3 is 12.4 Å². The van der Waals surface area contributed by atoms with Gasteiger partial charge < -0.3 is 10.3 Å². The third kappa shape index (κ3) is 3.86. The summed E-state index contributed by atoms with van der Waals surface area (Å²) in [7, 11) is 0. The number of aromatic nitrogens is 3. The van der Waals surface area contributed by atoms with E-state index in [9.17, 15) is 26.3 Å². The fraction of sp³-hybridized carbons (Fsp3) is 0.273. The maximum atomic E-state index is 12.3. The van der Waals surface area contributed by atoms with E-state index in [-0.39, 0.29) is 18.2 Å². The Kier molecular flexibility index (Phi) is 3.79. The van der Waals surface area contributed by atoms with E-state index in [2.05, 4.69) is 20.3 Å². The number of pyridine rings is 1.